The number of amides is 2. The van der Waals surface area contributed by atoms with Gasteiger partial charge in [-0.05, 0) is 61.4 Å². The Kier molecular flexibility index (Phi) is 4.85. The van der Waals surface area contributed by atoms with Gasteiger partial charge in [0.25, 0.3) is 0 Å². The Balaban J connectivity index is 1.12. The van der Waals surface area contributed by atoms with Gasteiger partial charge in [0.15, 0.2) is 0 Å². The summed E-state index contributed by atoms with van der Waals surface area (Å²) in [7, 11) is 0. The van der Waals surface area contributed by atoms with Gasteiger partial charge in [0.2, 0.25) is 5.91 Å². The summed E-state index contributed by atoms with van der Waals surface area (Å²) < 4.78 is 10.9. The zero-order valence-electron chi connectivity index (χ0n) is 16.9. The van der Waals surface area contributed by atoms with E-state index in [-0.39, 0.29) is 23.5 Å². The SMILES string of the molecule is O=C1NC2(CO1)CC(C(=O)N1CCC(c3ccc(Oc4ccccc4)cc3)CC1)C2. The number of carbonyl (C=O) groups excluding carboxylic acids is 2. The van der Waals surface area contributed by atoms with Gasteiger partial charge in [0.1, 0.15) is 18.1 Å². The minimum Gasteiger partial charge on any atom is -0.457 e. The van der Waals surface area contributed by atoms with Gasteiger partial charge < -0.3 is 19.7 Å². The summed E-state index contributed by atoms with van der Waals surface area (Å²) >= 11 is 0. The third kappa shape index (κ3) is 3.74. The number of piperidine rings is 1. The van der Waals surface area contributed by atoms with Crippen LogP contribution in [0, 0.1) is 5.92 Å². The Morgan fingerprint density at radius 2 is 1.67 bits per heavy atom. The summed E-state index contributed by atoms with van der Waals surface area (Å²) in [6.07, 6.45) is 2.98. The highest BCUT2D eigenvalue weighted by Crippen LogP contribution is 2.42. The molecule has 2 aromatic carbocycles. The third-order valence-electron chi connectivity index (χ3n) is 6.61. The first-order valence-electron chi connectivity index (χ1n) is 10.7. The summed E-state index contributed by atoms with van der Waals surface area (Å²) in [6.45, 7) is 1.97. The summed E-state index contributed by atoms with van der Waals surface area (Å²) in [4.78, 5) is 26.1. The van der Waals surface area contributed by atoms with E-state index in [4.69, 9.17) is 9.47 Å². The average Bonchev–Trinajstić information content (AvgIpc) is 3.16. The second kappa shape index (κ2) is 7.67. The average molecular weight is 406 g/mol. The molecular weight excluding hydrogens is 380 g/mol. The van der Waals surface area contributed by atoms with Crippen molar-refractivity contribution >= 4 is 12.0 Å². The van der Waals surface area contributed by atoms with E-state index >= 15 is 0 Å². The molecule has 2 saturated heterocycles. The highest BCUT2D eigenvalue weighted by molar-refractivity contribution is 5.81. The fraction of sp³-hybridized carbons (Fsp3) is 0.417. The first-order chi connectivity index (χ1) is 14.6. The van der Waals surface area contributed by atoms with Crippen molar-refractivity contribution in [3.8, 4) is 11.5 Å². The van der Waals surface area contributed by atoms with Crippen LogP contribution in [0.1, 0.15) is 37.2 Å². The molecule has 6 nitrogen and oxygen atoms in total. The Morgan fingerprint density at radius 3 is 2.30 bits per heavy atom. The molecule has 5 rings (SSSR count). The molecule has 2 aliphatic heterocycles. The number of cyclic esters (lactones) is 1. The number of ether oxygens (including phenoxy) is 2. The topological polar surface area (TPSA) is 67.9 Å². The Bertz CT molecular complexity index is 914. The number of nitrogens with zero attached hydrogens (tertiary/aromatic N) is 1. The summed E-state index contributed by atoms with van der Waals surface area (Å²) in [5.74, 6) is 2.37. The van der Waals surface area contributed by atoms with Crippen LogP contribution in [0.15, 0.2) is 54.6 Å². The fourth-order valence-corrected chi connectivity index (χ4v) is 4.89. The fourth-order valence-electron chi connectivity index (χ4n) is 4.89. The Labute approximate surface area is 176 Å². The lowest BCUT2D eigenvalue weighted by Crippen LogP contribution is -2.58. The minimum absolute atomic E-state index is 0.0120. The molecule has 2 amide bonds. The molecule has 0 aromatic heterocycles. The van der Waals surface area contributed by atoms with Crippen LogP contribution in [0.2, 0.25) is 0 Å². The molecule has 2 aromatic rings. The van der Waals surface area contributed by atoms with Crippen molar-refractivity contribution in [2.24, 2.45) is 5.92 Å². The molecule has 0 unspecified atom stereocenters. The molecule has 1 saturated carbocycles. The van der Waals surface area contributed by atoms with Gasteiger partial charge in [-0.15, -0.1) is 0 Å². The molecule has 156 valence electrons. The summed E-state index contributed by atoms with van der Waals surface area (Å²) in [5.41, 5.74) is 1.01. The van der Waals surface area contributed by atoms with Crippen LogP contribution in [0.3, 0.4) is 0 Å². The smallest absolute Gasteiger partial charge is 0.407 e. The zero-order chi connectivity index (χ0) is 20.6. The number of alkyl carbamates (subject to hydrolysis) is 1. The van der Waals surface area contributed by atoms with E-state index in [0.29, 0.717) is 25.4 Å². The van der Waals surface area contributed by atoms with E-state index in [1.165, 1.54) is 5.56 Å². The van der Waals surface area contributed by atoms with Crippen LogP contribution in [0.25, 0.3) is 0 Å². The molecule has 3 aliphatic rings. The lowest BCUT2D eigenvalue weighted by atomic mass is 9.68. The van der Waals surface area contributed by atoms with E-state index in [1.807, 2.05) is 47.4 Å². The van der Waals surface area contributed by atoms with Crippen LogP contribution >= 0.6 is 0 Å². The number of nitrogens with one attached hydrogen (secondary N) is 1. The number of likely N-dealkylation sites (tertiary alicyclic amines) is 1. The maximum absolute atomic E-state index is 12.8. The largest absolute Gasteiger partial charge is 0.457 e. The van der Waals surface area contributed by atoms with Crippen LogP contribution in [0.5, 0.6) is 11.5 Å². The van der Waals surface area contributed by atoms with Gasteiger partial charge in [-0.25, -0.2) is 4.79 Å². The predicted molar refractivity (Wildman–Crippen MR) is 111 cm³/mol. The van der Waals surface area contributed by atoms with Crippen molar-refractivity contribution in [1.82, 2.24) is 10.2 Å². The summed E-state index contributed by atoms with van der Waals surface area (Å²) in [5, 5.41) is 2.86. The maximum Gasteiger partial charge on any atom is 0.407 e. The van der Waals surface area contributed by atoms with Gasteiger partial charge in [0, 0.05) is 19.0 Å². The van der Waals surface area contributed by atoms with Crippen molar-refractivity contribution < 1.29 is 19.1 Å². The second-order valence-corrected chi connectivity index (χ2v) is 8.67. The first kappa shape index (κ1) is 19.0. The van der Waals surface area contributed by atoms with Gasteiger partial charge >= 0.3 is 6.09 Å². The number of para-hydroxylation sites is 1. The molecule has 30 heavy (non-hydrogen) atoms. The first-order valence-corrected chi connectivity index (χ1v) is 10.7. The van der Waals surface area contributed by atoms with Crippen molar-refractivity contribution in [3.05, 3.63) is 60.2 Å². The van der Waals surface area contributed by atoms with Crippen LogP contribution < -0.4 is 10.1 Å². The Hall–Kier alpha value is -3.02. The molecule has 0 atom stereocenters. The maximum atomic E-state index is 12.8. The lowest BCUT2D eigenvalue weighted by molar-refractivity contribution is -0.142. The Morgan fingerprint density at radius 1 is 1.00 bits per heavy atom. The van der Waals surface area contributed by atoms with Crippen molar-refractivity contribution in [3.63, 3.8) is 0 Å². The standard InChI is InChI=1S/C24H26N2O4/c27-22(19-14-24(15-19)16-29-23(28)25-24)26-12-10-18(11-13-26)17-6-8-21(9-7-17)30-20-4-2-1-3-5-20/h1-9,18-19H,10-16H2,(H,25,28). The molecule has 1 aliphatic carbocycles. The quantitative estimate of drug-likeness (QED) is 0.831. The predicted octanol–water partition coefficient (Wildman–Crippen LogP) is 4.07. The number of benzene rings is 2. The normalized spacial score (nSPS) is 26.1. The zero-order valence-corrected chi connectivity index (χ0v) is 16.9. The molecule has 3 fully saturated rings. The van der Waals surface area contributed by atoms with Gasteiger partial charge in [0.05, 0.1) is 5.54 Å². The molecular formula is C24H26N2O4. The highest BCUT2D eigenvalue weighted by Gasteiger charge is 2.53. The van der Waals surface area contributed by atoms with Crippen molar-refractivity contribution in [1.29, 1.82) is 0 Å². The monoisotopic (exact) mass is 406 g/mol. The minimum atomic E-state index is -0.359. The number of hydrogen-bond donors (Lipinski definition) is 1. The van der Waals surface area contributed by atoms with Crippen LogP contribution in [-0.2, 0) is 9.53 Å². The van der Waals surface area contributed by atoms with Crippen LogP contribution in [0.4, 0.5) is 4.79 Å². The number of rotatable bonds is 4. The van der Waals surface area contributed by atoms with Gasteiger partial charge in [-0.2, -0.15) is 0 Å². The van der Waals surface area contributed by atoms with E-state index in [9.17, 15) is 9.59 Å². The van der Waals surface area contributed by atoms with Crippen LogP contribution in [-0.4, -0.2) is 42.1 Å². The molecule has 6 heteroatoms. The van der Waals surface area contributed by atoms with Gasteiger partial charge in [-0.3, -0.25) is 4.79 Å². The van der Waals surface area contributed by atoms with E-state index in [0.717, 1.165) is 37.4 Å². The lowest BCUT2D eigenvalue weighted by Gasteiger charge is -2.45. The summed E-state index contributed by atoms with van der Waals surface area (Å²) in [6, 6.07) is 18.1. The second-order valence-electron chi connectivity index (χ2n) is 8.67. The molecule has 0 radical (unpaired) electrons. The number of hydrogen-bond acceptors (Lipinski definition) is 4. The molecule has 0 bridgehead atoms. The van der Waals surface area contributed by atoms with Crippen molar-refractivity contribution in [2.75, 3.05) is 19.7 Å². The highest BCUT2D eigenvalue weighted by atomic mass is 16.6. The van der Waals surface area contributed by atoms with E-state index in [2.05, 4.69) is 17.4 Å². The number of carbonyl (C=O) groups is 2. The van der Waals surface area contributed by atoms with E-state index in [1.54, 1.807) is 0 Å². The third-order valence-corrected chi connectivity index (χ3v) is 6.61. The molecule has 2 heterocycles. The van der Waals surface area contributed by atoms with Crippen molar-refractivity contribution in [2.45, 2.75) is 37.1 Å². The molecule has 1 N–H and O–H groups in total. The van der Waals surface area contributed by atoms with Gasteiger partial charge in [-0.1, -0.05) is 30.3 Å². The van der Waals surface area contributed by atoms with E-state index < -0.39 is 0 Å². The molecule has 1 spiro atoms.